The Morgan fingerprint density at radius 3 is 2.80 bits per heavy atom. The van der Waals surface area contributed by atoms with Crippen molar-refractivity contribution in [2.24, 2.45) is 0 Å². The molecule has 0 saturated carbocycles. The summed E-state index contributed by atoms with van der Waals surface area (Å²) in [6.45, 7) is 2.06. The van der Waals surface area contributed by atoms with Crippen molar-refractivity contribution in [1.29, 1.82) is 5.26 Å². The molecule has 2 aromatic rings. The molecule has 102 valence electrons. The Balaban J connectivity index is 2.41. The fourth-order valence-corrected chi connectivity index (χ4v) is 2.76. The molecule has 2 aromatic carbocycles. The molecule has 0 aromatic heterocycles. The van der Waals surface area contributed by atoms with E-state index in [0.717, 1.165) is 16.3 Å². The number of nitrogens with zero attached hydrogens (tertiary/aromatic N) is 1. The molecule has 3 N–H and O–H groups in total. The number of nitrogens with one attached hydrogen (secondary N) is 1. The summed E-state index contributed by atoms with van der Waals surface area (Å²) in [6.07, 6.45) is 0. The molecular formula is C15H14ClN3S. The molecule has 0 amide bonds. The molecule has 5 heteroatoms. The van der Waals surface area contributed by atoms with Crippen LogP contribution in [0.2, 0.25) is 5.02 Å². The Labute approximate surface area is 127 Å². The highest BCUT2D eigenvalue weighted by Gasteiger charge is 2.09. The van der Waals surface area contributed by atoms with Gasteiger partial charge in [0.25, 0.3) is 0 Å². The number of thioether (sulfide) groups is 1. The molecular weight excluding hydrogens is 290 g/mol. The van der Waals surface area contributed by atoms with Crippen LogP contribution in [-0.4, -0.2) is 5.75 Å². The molecule has 0 heterocycles. The second kappa shape index (κ2) is 6.56. The van der Waals surface area contributed by atoms with Crippen LogP contribution >= 0.6 is 23.4 Å². The van der Waals surface area contributed by atoms with E-state index in [1.54, 1.807) is 30.0 Å². The average Bonchev–Trinajstić information content (AvgIpc) is 2.43. The molecule has 0 aliphatic rings. The van der Waals surface area contributed by atoms with Crippen molar-refractivity contribution in [2.45, 2.75) is 11.8 Å². The molecule has 0 saturated heterocycles. The van der Waals surface area contributed by atoms with Gasteiger partial charge < -0.3 is 11.1 Å². The lowest BCUT2D eigenvalue weighted by atomic mass is 10.2. The van der Waals surface area contributed by atoms with Crippen molar-refractivity contribution in [1.82, 2.24) is 0 Å². The lowest BCUT2D eigenvalue weighted by molar-refractivity contribution is 1.35. The van der Waals surface area contributed by atoms with Crippen molar-refractivity contribution >= 4 is 40.4 Å². The predicted molar refractivity (Wildman–Crippen MR) is 86.7 cm³/mol. The number of hydrogen-bond donors (Lipinski definition) is 2. The van der Waals surface area contributed by atoms with E-state index in [-0.39, 0.29) is 0 Å². The van der Waals surface area contributed by atoms with E-state index in [1.165, 1.54) is 0 Å². The monoisotopic (exact) mass is 303 g/mol. The number of rotatable bonds is 4. The van der Waals surface area contributed by atoms with Crippen LogP contribution in [-0.2, 0) is 0 Å². The summed E-state index contributed by atoms with van der Waals surface area (Å²) in [7, 11) is 0. The van der Waals surface area contributed by atoms with Gasteiger partial charge in [-0.3, -0.25) is 0 Å². The number of benzene rings is 2. The summed E-state index contributed by atoms with van der Waals surface area (Å²) in [5.41, 5.74) is 8.44. The van der Waals surface area contributed by atoms with E-state index in [0.29, 0.717) is 22.0 Å². The highest BCUT2D eigenvalue weighted by atomic mass is 35.5. The fourth-order valence-electron chi connectivity index (χ4n) is 1.81. The van der Waals surface area contributed by atoms with Gasteiger partial charge in [-0.2, -0.15) is 5.26 Å². The van der Waals surface area contributed by atoms with E-state index in [2.05, 4.69) is 18.3 Å². The SMILES string of the molecule is CCSc1cccc(Nc2cc(N)ccc2Cl)c1C#N. The first-order chi connectivity index (χ1) is 9.65. The number of nitrogen functional groups attached to an aromatic ring is 1. The normalized spacial score (nSPS) is 10.1. The van der Waals surface area contributed by atoms with E-state index < -0.39 is 0 Å². The fraction of sp³-hybridized carbons (Fsp3) is 0.133. The number of halogens is 1. The molecule has 3 nitrogen and oxygen atoms in total. The molecule has 0 aliphatic heterocycles. The lowest BCUT2D eigenvalue weighted by Gasteiger charge is -2.12. The van der Waals surface area contributed by atoms with Crippen LogP contribution in [0.15, 0.2) is 41.3 Å². The largest absolute Gasteiger partial charge is 0.399 e. The van der Waals surface area contributed by atoms with Crippen molar-refractivity contribution in [2.75, 3.05) is 16.8 Å². The van der Waals surface area contributed by atoms with Gasteiger partial charge >= 0.3 is 0 Å². The van der Waals surface area contributed by atoms with E-state index in [4.69, 9.17) is 17.3 Å². The van der Waals surface area contributed by atoms with Gasteiger partial charge in [0.1, 0.15) is 6.07 Å². The maximum atomic E-state index is 9.37. The Kier molecular flexibility index (Phi) is 4.78. The Morgan fingerprint density at radius 1 is 1.30 bits per heavy atom. The quantitative estimate of drug-likeness (QED) is 0.637. The first kappa shape index (κ1) is 14.6. The van der Waals surface area contributed by atoms with Gasteiger partial charge in [0, 0.05) is 10.6 Å². The van der Waals surface area contributed by atoms with Crippen molar-refractivity contribution < 1.29 is 0 Å². The molecule has 0 bridgehead atoms. The van der Waals surface area contributed by atoms with E-state index >= 15 is 0 Å². The summed E-state index contributed by atoms with van der Waals surface area (Å²) in [6, 6.07) is 13.2. The summed E-state index contributed by atoms with van der Waals surface area (Å²) >= 11 is 7.77. The second-order valence-electron chi connectivity index (χ2n) is 4.09. The van der Waals surface area contributed by atoms with Crippen LogP contribution in [0.5, 0.6) is 0 Å². The Morgan fingerprint density at radius 2 is 2.10 bits per heavy atom. The standard InChI is InChI=1S/C15H14ClN3S/c1-2-20-15-5-3-4-13(11(15)9-17)19-14-8-10(18)6-7-12(14)16/h3-8,19H,2,18H2,1H3. The highest BCUT2D eigenvalue weighted by Crippen LogP contribution is 2.32. The minimum absolute atomic E-state index is 0.566. The number of hydrogen-bond acceptors (Lipinski definition) is 4. The van der Waals surface area contributed by atoms with Crippen molar-refractivity contribution in [3.63, 3.8) is 0 Å². The zero-order chi connectivity index (χ0) is 14.5. The first-order valence-corrected chi connectivity index (χ1v) is 7.50. The number of anilines is 3. The molecule has 20 heavy (non-hydrogen) atoms. The smallest absolute Gasteiger partial charge is 0.103 e. The maximum Gasteiger partial charge on any atom is 0.103 e. The summed E-state index contributed by atoms with van der Waals surface area (Å²) in [4.78, 5) is 0.958. The molecule has 2 rings (SSSR count). The number of nitriles is 1. The number of nitrogens with two attached hydrogens (primary N) is 1. The first-order valence-electron chi connectivity index (χ1n) is 6.13. The van der Waals surface area contributed by atoms with Gasteiger partial charge in [0.15, 0.2) is 0 Å². The maximum absolute atomic E-state index is 9.37. The molecule has 0 radical (unpaired) electrons. The average molecular weight is 304 g/mol. The Hall–Kier alpha value is -1.83. The van der Waals surface area contributed by atoms with Crippen LogP contribution in [0.1, 0.15) is 12.5 Å². The van der Waals surface area contributed by atoms with Gasteiger partial charge in [0.05, 0.1) is 22.0 Å². The van der Waals surface area contributed by atoms with Gasteiger partial charge in [-0.05, 0) is 36.1 Å². The highest BCUT2D eigenvalue weighted by molar-refractivity contribution is 7.99. The molecule has 0 unspecified atom stereocenters. The van der Waals surface area contributed by atoms with Gasteiger partial charge in [-0.15, -0.1) is 11.8 Å². The minimum Gasteiger partial charge on any atom is -0.399 e. The van der Waals surface area contributed by atoms with E-state index in [1.807, 2.05) is 18.2 Å². The topological polar surface area (TPSA) is 61.8 Å². The van der Waals surface area contributed by atoms with E-state index in [9.17, 15) is 5.26 Å². The van der Waals surface area contributed by atoms with Crippen LogP contribution in [0, 0.1) is 11.3 Å². The van der Waals surface area contributed by atoms with Crippen LogP contribution < -0.4 is 11.1 Å². The lowest BCUT2D eigenvalue weighted by Crippen LogP contribution is -1.97. The molecule has 0 fully saturated rings. The third kappa shape index (κ3) is 3.19. The minimum atomic E-state index is 0.566. The van der Waals surface area contributed by atoms with Crippen LogP contribution in [0.3, 0.4) is 0 Å². The zero-order valence-electron chi connectivity index (χ0n) is 11.0. The van der Waals surface area contributed by atoms with Gasteiger partial charge in [0.2, 0.25) is 0 Å². The molecule has 0 atom stereocenters. The summed E-state index contributed by atoms with van der Waals surface area (Å²) in [5.74, 6) is 0.914. The summed E-state index contributed by atoms with van der Waals surface area (Å²) in [5, 5.41) is 13.1. The molecule has 0 spiro atoms. The van der Waals surface area contributed by atoms with Crippen molar-refractivity contribution in [3.05, 3.63) is 47.0 Å². The summed E-state index contributed by atoms with van der Waals surface area (Å²) < 4.78 is 0. The van der Waals surface area contributed by atoms with Gasteiger partial charge in [-0.25, -0.2) is 0 Å². The Bertz CT molecular complexity index is 665. The third-order valence-corrected chi connectivity index (χ3v) is 3.97. The molecule has 0 aliphatic carbocycles. The second-order valence-corrected chi connectivity index (χ2v) is 5.80. The third-order valence-electron chi connectivity index (χ3n) is 2.70. The zero-order valence-corrected chi connectivity index (χ0v) is 12.6. The van der Waals surface area contributed by atoms with Crippen LogP contribution in [0.25, 0.3) is 0 Å². The van der Waals surface area contributed by atoms with Gasteiger partial charge in [-0.1, -0.05) is 24.6 Å². The van der Waals surface area contributed by atoms with Crippen LogP contribution in [0.4, 0.5) is 17.1 Å². The van der Waals surface area contributed by atoms with Crippen molar-refractivity contribution in [3.8, 4) is 6.07 Å². The predicted octanol–water partition coefficient (Wildman–Crippen LogP) is 4.65.